The predicted molar refractivity (Wildman–Crippen MR) is 117 cm³/mol. The number of carbonyl (C=O) groups excluding carboxylic acids is 1. The predicted octanol–water partition coefficient (Wildman–Crippen LogP) is 3.76. The molecule has 0 spiro atoms. The van der Waals surface area contributed by atoms with Gasteiger partial charge in [0.05, 0.1) is 5.56 Å². The number of carbonyl (C=O) groups is 1. The fourth-order valence-corrected chi connectivity index (χ4v) is 4.21. The average Bonchev–Trinajstić information content (AvgIpc) is 3.16. The second-order valence-corrected chi connectivity index (χ2v) is 8.31. The summed E-state index contributed by atoms with van der Waals surface area (Å²) in [5, 5.41) is 9.61. The number of rotatable bonds is 4. The molecule has 170 valence electrons. The van der Waals surface area contributed by atoms with E-state index in [0.29, 0.717) is 18.7 Å². The molecule has 1 aromatic heterocycles. The van der Waals surface area contributed by atoms with Crippen molar-refractivity contribution in [2.24, 2.45) is 0 Å². The van der Waals surface area contributed by atoms with Gasteiger partial charge in [-0.05, 0) is 58.1 Å². The summed E-state index contributed by atoms with van der Waals surface area (Å²) in [6.45, 7) is 3.68. The molecule has 0 bridgehead atoms. The number of aryl methyl sites for hydroxylation is 2. The van der Waals surface area contributed by atoms with E-state index in [0.717, 1.165) is 11.6 Å². The minimum Gasteiger partial charge on any atom is -0.342 e. The van der Waals surface area contributed by atoms with E-state index in [1.54, 1.807) is 18.0 Å². The first-order valence-corrected chi connectivity index (χ1v) is 10.2. The Kier molecular flexibility index (Phi) is 6.46. The first-order valence-electron chi connectivity index (χ1n) is 10.2. The number of aromatic nitrogens is 1. The van der Waals surface area contributed by atoms with E-state index >= 15 is 0 Å². The highest BCUT2D eigenvalue weighted by Gasteiger charge is 2.45. The summed E-state index contributed by atoms with van der Waals surface area (Å²) in [7, 11) is 5.31. The number of hydrogen-bond donors (Lipinski definition) is 0. The van der Waals surface area contributed by atoms with Gasteiger partial charge in [0.25, 0.3) is 5.91 Å². The summed E-state index contributed by atoms with van der Waals surface area (Å²) in [5.41, 5.74) is 0.218. The summed E-state index contributed by atoms with van der Waals surface area (Å²) in [5.74, 6) is -0.368. The number of benzene rings is 1. The number of amides is 1. The van der Waals surface area contributed by atoms with Gasteiger partial charge in [-0.2, -0.15) is 18.4 Å². The molecule has 3 rings (SSSR count). The molecule has 2 atom stereocenters. The van der Waals surface area contributed by atoms with Crippen LogP contribution in [-0.4, -0.2) is 55.6 Å². The molecule has 6 nitrogen and oxygen atoms in total. The van der Waals surface area contributed by atoms with Crippen LogP contribution in [0.4, 0.5) is 24.7 Å². The van der Waals surface area contributed by atoms with Crippen molar-refractivity contribution < 1.29 is 18.0 Å². The van der Waals surface area contributed by atoms with Crippen LogP contribution in [0, 0.1) is 25.2 Å². The summed E-state index contributed by atoms with van der Waals surface area (Å²) in [4.78, 5) is 22.9. The van der Waals surface area contributed by atoms with Crippen LogP contribution in [0.15, 0.2) is 30.3 Å². The van der Waals surface area contributed by atoms with Crippen molar-refractivity contribution in [3.05, 3.63) is 52.7 Å². The van der Waals surface area contributed by atoms with Crippen LogP contribution in [0.1, 0.15) is 28.8 Å². The first-order chi connectivity index (χ1) is 15.0. The minimum absolute atomic E-state index is 0.0971. The van der Waals surface area contributed by atoms with Gasteiger partial charge in [-0.25, -0.2) is 4.98 Å². The highest BCUT2D eigenvalue weighted by atomic mass is 19.4. The number of likely N-dealkylation sites (N-methyl/N-ethyl adjacent to an activating group) is 2. The third-order valence-corrected chi connectivity index (χ3v) is 5.82. The molecule has 1 fully saturated rings. The Balaban J connectivity index is 2.11. The molecule has 0 unspecified atom stereocenters. The monoisotopic (exact) mass is 445 g/mol. The first kappa shape index (κ1) is 23.5. The minimum atomic E-state index is -4.70. The molecular formula is C23H26F3N5O. The van der Waals surface area contributed by atoms with Gasteiger partial charge >= 0.3 is 6.18 Å². The van der Waals surface area contributed by atoms with E-state index in [2.05, 4.69) is 4.98 Å². The largest absolute Gasteiger partial charge is 0.417 e. The fourth-order valence-electron chi connectivity index (χ4n) is 4.21. The van der Waals surface area contributed by atoms with Gasteiger partial charge in [0.15, 0.2) is 0 Å². The maximum absolute atomic E-state index is 13.6. The second-order valence-electron chi connectivity index (χ2n) is 8.31. The normalized spacial score (nSPS) is 18.7. The van der Waals surface area contributed by atoms with Crippen LogP contribution in [0.3, 0.4) is 0 Å². The molecule has 2 aromatic rings. The van der Waals surface area contributed by atoms with Crippen LogP contribution in [0.25, 0.3) is 0 Å². The van der Waals surface area contributed by atoms with Gasteiger partial charge in [-0.15, -0.1) is 0 Å². The number of halogens is 3. The molecular weight excluding hydrogens is 419 g/mol. The summed E-state index contributed by atoms with van der Waals surface area (Å²) < 4.78 is 40.9. The molecule has 1 aliphatic heterocycles. The lowest BCUT2D eigenvalue weighted by atomic mass is 10.0. The zero-order valence-corrected chi connectivity index (χ0v) is 18.7. The van der Waals surface area contributed by atoms with E-state index in [-0.39, 0.29) is 23.5 Å². The Bertz CT molecular complexity index is 1060. The molecule has 1 aliphatic rings. The number of nitrogens with zero attached hydrogens (tertiary/aromatic N) is 5. The van der Waals surface area contributed by atoms with Crippen LogP contribution < -0.4 is 9.80 Å². The third kappa shape index (κ3) is 4.41. The molecule has 1 amide bonds. The molecule has 32 heavy (non-hydrogen) atoms. The molecule has 0 aliphatic carbocycles. The molecule has 1 saturated heterocycles. The molecule has 0 N–H and O–H groups in total. The van der Waals surface area contributed by atoms with Crippen molar-refractivity contribution in [3.8, 4) is 6.07 Å². The lowest BCUT2D eigenvalue weighted by Gasteiger charge is -2.34. The fraction of sp³-hybridized carbons (Fsp3) is 0.435. The lowest BCUT2D eigenvalue weighted by molar-refractivity contribution is -0.137. The molecule has 0 radical (unpaired) electrons. The Labute approximate surface area is 185 Å². The topological polar surface area (TPSA) is 63.5 Å². The Morgan fingerprint density at radius 1 is 1.22 bits per heavy atom. The number of pyridine rings is 1. The van der Waals surface area contributed by atoms with Crippen LogP contribution >= 0.6 is 0 Å². The molecule has 0 saturated carbocycles. The van der Waals surface area contributed by atoms with E-state index in [4.69, 9.17) is 0 Å². The van der Waals surface area contributed by atoms with E-state index in [1.165, 1.54) is 11.8 Å². The highest BCUT2D eigenvalue weighted by molar-refractivity contribution is 5.99. The summed E-state index contributed by atoms with van der Waals surface area (Å²) in [6, 6.07) is 8.95. The molecule has 2 heterocycles. The smallest absolute Gasteiger partial charge is 0.342 e. The van der Waals surface area contributed by atoms with Gasteiger partial charge in [0.1, 0.15) is 23.5 Å². The zero-order valence-electron chi connectivity index (χ0n) is 18.7. The zero-order chi connectivity index (χ0) is 23.8. The van der Waals surface area contributed by atoms with Crippen LogP contribution in [-0.2, 0) is 11.0 Å². The SMILES string of the molecule is Cc1cccc(N(C)C(=O)[C@@H]2[C@H](N(C)C)CCN2c2nc(C)cc(C(F)(F)F)c2C#N)c1. The van der Waals surface area contributed by atoms with Crippen molar-refractivity contribution >= 4 is 17.4 Å². The summed E-state index contributed by atoms with van der Waals surface area (Å²) >= 11 is 0. The number of alkyl halides is 3. The highest BCUT2D eigenvalue weighted by Crippen LogP contribution is 2.38. The van der Waals surface area contributed by atoms with Gasteiger partial charge < -0.3 is 14.7 Å². The maximum Gasteiger partial charge on any atom is 0.417 e. The second kappa shape index (κ2) is 8.79. The Morgan fingerprint density at radius 3 is 2.47 bits per heavy atom. The van der Waals surface area contributed by atoms with Gasteiger partial charge in [-0.3, -0.25) is 4.79 Å². The van der Waals surface area contributed by atoms with Gasteiger partial charge in [0, 0.05) is 31.0 Å². The van der Waals surface area contributed by atoms with Crippen LogP contribution in [0.5, 0.6) is 0 Å². The van der Waals surface area contributed by atoms with E-state index < -0.39 is 23.3 Å². The van der Waals surface area contributed by atoms with E-state index in [1.807, 2.05) is 50.2 Å². The lowest BCUT2D eigenvalue weighted by Crippen LogP contribution is -2.53. The standard InChI is InChI=1S/C23H26F3N5O/c1-14-7-6-8-16(11-14)30(5)22(32)20-19(29(3)4)9-10-31(20)21-17(13-27)18(23(24,25)26)12-15(2)28-21/h6-8,11-12,19-20H,9-10H2,1-5H3/t19-,20+/m1/s1. The average molecular weight is 445 g/mol. The molecule has 9 heteroatoms. The van der Waals surface area contributed by atoms with Crippen molar-refractivity contribution in [2.45, 2.75) is 38.5 Å². The maximum atomic E-state index is 13.6. The van der Waals surface area contributed by atoms with E-state index in [9.17, 15) is 23.2 Å². The van der Waals surface area contributed by atoms with Crippen LogP contribution in [0.2, 0.25) is 0 Å². The number of hydrogen-bond acceptors (Lipinski definition) is 5. The quantitative estimate of drug-likeness (QED) is 0.717. The van der Waals surface area contributed by atoms with Gasteiger partial charge in [-0.1, -0.05) is 12.1 Å². The van der Waals surface area contributed by atoms with Crippen molar-refractivity contribution in [1.82, 2.24) is 9.88 Å². The van der Waals surface area contributed by atoms with Crippen molar-refractivity contribution in [1.29, 1.82) is 5.26 Å². The Morgan fingerprint density at radius 2 is 1.91 bits per heavy atom. The number of nitriles is 1. The molecule has 1 aromatic carbocycles. The van der Waals surface area contributed by atoms with Crippen molar-refractivity contribution in [2.75, 3.05) is 37.5 Å². The number of anilines is 2. The Hall–Kier alpha value is -3.12. The van der Waals surface area contributed by atoms with Gasteiger partial charge in [0.2, 0.25) is 0 Å². The summed E-state index contributed by atoms with van der Waals surface area (Å²) in [6.07, 6.45) is -4.15. The van der Waals surface area contributed by atoms with Crippen molar-refractivity contribution in [3.63, 3.8) is 0 Å². The third-order valence-electron chi connectivity index (χ3n) is 5.82.